The molecule has 1 fully saturated rings. The van der Waals surface area contributed by atoms with E-state index in [0.29, 0.717) is 0 Å². The van der Waals surface area contributed by atoms with Crippen molar-refractivity contribution in [2.75, 3.05) is 25.5 Å². The van der Waals surface area contributed by atoms with E-state index in [2.05, 4.69) is 72.6 Å². The number of nitrogens with zero attached hydrogens (tertiary/aromatic N) is 5. The van der Waals surface area contributed by atoms with Gasteiger partial charge in [0, 0.05) is 41.3 Å². The number of aromatic nitrogens is 4. The van der Waals surface area contributed by atoms with Crippen LogP contribution in [0.2, 0.25) is 0 Å². The average molecular weight is 471 g/mol. The Labute approximate surface area is 202 Å². The van der Waals surface area contributed by atoms with Crippen molar-refractivity contribution in [1.82, 2.24) is 24.4 Å². The lowest BCUT2D eigenvalue weighted by Gasteiger charge is -2.29. The van der Waals surface area contributed by atoms with Crippen molar-refractivity contribution in [3.05, 3.63) is 71.6 Å². The number of likely N-dealkylation sites (tertiary alicyclic amines) is 1. The lowest BCUT2D eigenvalue weighted by atomic mass is 10.1. The fourth-order valence-electron chi connectivity index (χ4n) is 4.60. The molecule has 1 aliphatic rings. The van der Waals surface area contributed by atoms with Crippen LogP contribution in [0.5, 0.6) is 5.75 Å². The largest absolute Gasteiger partial charge is 0.489 e. The summed E-state index contributed by atoms with van der Waals surface area (Å²) in [5.41, 5.74) is 5.98. The molecular weight excluding hydrogens is 444 g/mol. The Morgan fingerprint density at radius 3 is 2.85 bits per heavy atom. The minimum absolute atomic E-state index is 0.212. The third kappa shape index (κ3) is 4.22. The van der Waals surface area contributed by atoms with E-state index >= 15 is 0 Å². The molecule has 172 valence electrons. The smallest absolute Gasteiger partial charge is 0.145 e. The molecule has 1 N–H and O–H groups in total. The molecule has 3 aromatic heterocycles. The molecule has 0 aliphatic carbocycles. The van der Waals surface area contributed by atoms with E-state index in [0.717, 1.165) is 66.3 Å². The van der Waals surface area contributed by atoms with Gasteiger partial charge in [0.1, 0.15) is 24.0 Å². The molecule has 0 saturated carbocycles. The quantitative estimate of drug-likeness (QED) is 0.363. The van der Waals surface area contributed by atoms with Crippen molar-refractivity contribution in [2.45, 2.75) is 25.5 Å². The maximum atomic E-state index is 6.46. The average Bonchev–Trinajstić information content (AvgIpc) is 3.51. The maximum Gasteiger partial charge on any atom is 0.145 e. The van der Waals surface area contributed by atoms with Gasteiger partial charge in [0.15, 0.2) is 0 Å². The van der Waals surface area contributed by atoms with E-state index in [-0.39, 0.29) is 6.10 Å². The summed E-state index contributed by atoms with van der Waals surface area (Å²) in [6.45, 7) is 2.88. The molecule has 4 heterocycles. The second-order valence-corrected chi connectivity index (χ2v) is 9.53. The predicted molar refractivity (Wildman–Crippen MR) is 137 cm³/mol. The number of anilines is 2. The van der Waals surface area contributed by atoms with E-state index in [1.807, 2.05) is 23.7 Å². The van der Waals surface area contributed by atoms with Crippen LogP contribution in [0.1, 0.15) is 18.5 Å². The second kappa shape index (κ2) is 9.04. The number of hydrogen-bond donors (Lipinski definition) is 1. The highest BCUT2D eigenvalue weighted by molar-refractivity contribution is 7.07. The van der Waals surface area contributed by atoms with Gasteiger partial charge in [-0.3, -0.25) is 0 Å². The standard InChI is InChI=1S/C26H26N6OS/c1-31-10-8-21(9-11-31)33-24-4-2-3-22-25(24)26(28-16-27-22)30-19-5-6-23-18(13-19)7-12-32(23)14-20-15-34-17-29-20/h2-7,12-13,15-17,21H,8-11,14H2,1H3,(H,27,28,30). The first kappa shape index (κ1) is 21.1. The maximum absolute atomic E-state index is 6.46. The number of ether oxygens (including phenoxy) is 1. The van der Waals surface area contributed by atoms with Crippen molar-refractivity contribution in [3.8, 4) is 5.75 Å². The minimum Gasteiger partial charge on any atom is -0.489 e. The van der Waals surface area contributed by atoms with E-state index in [4.69, 9.17) is 4.74 Å². The predicted octanol–water partition coefficient (Wildman–Crippen LogP) is 5.31. The number of piperidine rings is 1. The van der Waals surface area contributed by atoms with Gasteiger partial charge >= 0.3 is 0 Å². The topological polar surface area (TPSA) is 68.1 Å². The van der Waals surface area contributed by atoms with Crippen LogP contribution in [0.4, 0.5) is 11.5 Å². The number of nitrogens with one attached hydrogen (secondary N) is 1. The number of benzene rings is 2. The minimum atomic E-state index is 0.212. The highest BCUT2D eigenvalue weighted by Crippen LogP contribution is 2.34. The Hall–Kier alpha value is -3.49. The molecule has 8 heteroatoms. The Bertz CT molecular complexity index is 1420. The molecule has 0 atom stereocenters. The molecule has 7 nitrogen and oxygen atoms in total. The summed E-state index contributed by atoms with van der Waals surface area (Å²) < 4.78 is 8.69. The second-order valence-electron chi connectivity index (χ2n) is 8.82. The Morgan fingerprint density at radius 2 is 2.00 bits per heavy atom. The zero-order valence-corrected chi connectivity index (χ0v) is 19.8. The Balaban J connectivity index is 1.29. The number of fused-ring (bicyclic) bond motifs is 2. The van der Waals surface area contributed by atoms with E-state index in [1.165, 1.54) is 10.9 Å². The zero-order chi connectivity index (χ0) is 22.9. The van der Waals surface area contributed by atoms with Crippen molar-refractivity contribution < 1.29 is 4.74 Å². The fraction of sp³-hybridized carbons (Fsp3) is 0.269. The SMILES string of the molecule is CN1CCC(Oc2cccc3ncnc(Nc4ccc5c(ccn5Cc5cscn5)c4)c23)CC1. The molecule has 34 heavy (non-hydrogen) atoms. The molecule has 5 aromatic rings. The molecule has 6 rings (SSSR count). The van der Waals surface area contributed by atoms with Crippen LogP contribution in [-0.2, 0) is 6.54 Å². The summed E-state index contributed by atoms with van der Waals surface area (Å²) in [5, 5.41) is 7.70. The van der Waals surface area contributed by atoms with Gasteiger partial charge in [-0.2, -0.15) is 0 Å². The third-order valence-corrected chi connectivity index (χ3v) is 7.07. The van der Waals surface area contributed by atoms with Gasteiger partial charge in [-0.15, -0.1) is 11.3 Å². The molecule has 0 amide bonds. The fourth-order valence-corrected chi connectivity index (χ4v) is 5.15. The molecule has 1 saturated heterocycles. The highest BCUT2D eigenvalue weighted by Gasteiger charge is 2.20. The lowest BCUT2D eigenvalue weighted by molar-refractivity contribution is 0.116. The summed E-state index contributed by atoms with van der Waals surface area (Å²) in [4.78, 5) is 15.8. The molecule has 2 aromatic carbocycles. The number of rotatable bonds is 6. The Kier molecular flexibility index (Phi) is 5.60. The molecule has 0 spiro atoms. The van der Waals surface area contributed by atoms with Gasteiger partial charge in [0.05, 0.1) is 28.7 Å². The van der Waals surface area contributed by atoms with Crippen LogP contribution in [0.15, 0.2) is 65.9 Å². The van der Waals surface area contributed by atoms with E-state index < -0.39 is 0 Å². The summed E-state index contributed by atoms with van der Waals surface area (Å²) in [7, 11) is 2.16. The zero-order valence-electron chi connectivity index (χ0n) is 19.0. The van der Waals surface area contributed by atoms with Crippen molar-refractivity contribution in [1.29, 1.82) is 0 Å². The normalized spacial score (nSPS) is 15.2. The summed E-state index contributed by atoms with van der Waals surface area (Å²) in [6, 6.07) is 14.6. The van der Waals surface area contributed by atoms with Crippen molar-refractivity contribution in [2.24, 2.45) is 0 Å². The summed E-state index contributed by atoms with van der Waals surface area (Å²) in [6.07, 6.45) is 5.98. The van der Waals surface area contributed by atoms with Crippen LogP contribution >= 0.6 is 11.3 Å². The lowest BCUT2D eigenvalue weighted by Crippen LogP contribution is -2.35. The van der Waals surface area contributed by atoms with Crippen LogP contribution in [0, 0.1) is 0 Å². The Morgan fingerprint density at radius 1 is 1.09 bits per heavy atom. The third-order valence-electron chi connectivity index (χ3n) is 6.43. The van der Waals surface area contributed by atoms with Gasteiger partial charge in [0.25, 0.3) is 0 Å². The van der Waals surface area contributed by atoms with Crippen LogP contribution in [-0.4, -0.2) is 50.7 Å². The molecular formula is C26H26N6OS. The number of hydrogen-bond acceptors (Lipinski definition) is 7. The van der Waals surface area contributed by atoms with Gasteiger partial charge in [0.2, 0.25) is 0 Å². The van der Waals surface area contributed by atoms with Gasteiger partial charge in [-0.25, -0.2) is 15.0 Å². The van der Waals surface area contributed by atoms with Crippen LogP contribution in [0.25, 0.3) is 21.8 Å². The van der Waals surface area contributed by atoms with Crippen molar-refractivity contribution in [3.63, 3.8) is 0 Å². The summed E-state index contributed by atoms with van der Waals surface area (Å²) in [5.74, 6) is 1.60. The van der Waals surface area contributed by atoms with E-state index in [1.54, 1.807) is 17.7 Å². The first-order valence-electron chi connectivity index (χ1n) is 11.5. The highest BCUT2D eigenvalue weighted by atomic mass is 32.1. The van der Waals surface area contributed by atoms with E-state index in [9.17, 15) is 0 Å². The number of thiazole rings is 1. The van der Waals surface area contributed by atoms with Crippen LogP contribution in [0.3, 0.4) is 0 Å². The first-order valence-corrected chi connectivity index (χ1v) is 12.5. The van der Waals surface area contributed by atoms with Crippen molar-refractivity contribution >= 4 is 44.6 Å². The molecule has 0 bridgehead atoms. The van der Waals surface area contributed by atoms with Gasteiger partial charge in [-0.05, 0) is 56.3 Å². The molecule has 0 unspecified atom stereocenters. The molecule has 1 aliphatic heterocycles. The van der Waals surface area contributed by atoms with Gasteiger partial charge in [-0.1, -0.05) is 6.07 Å². The monoisotopic (exact) mass is 470 g/mol. The first-order chi connectivity index (χ1) is 16.7. The summed E-state index contributed by atoms with van der Waals surface area (Å²) >= 11 is 1.62. The van der Waals surface area contributed by atoms with Crippen LogP contribution < -0.4 is 10.1 Å². The van der Waals surface area contributed by atoms with Gasteiger partial charge < -0.3 is 19.5 Å². The molecule has 0 radical (unpaired) electrons.